The van der Waals surface area contributed by atoms with Gasteiger partial charge in [-0.15, -0.1) is 11.3 Å². The normalized spacial score (nSPS) is 10.7. The highest BCUT2D eigenvalue weighted by molar-refractivity contribution is 7.10. The van der Waals surface area contributed by atoms with Crippen molar-refractivity contribution in [3.8, 4) is 11.3 Å². The van der Waals surface area contributed by atoms with Gasteiger partial charge in [0.2, 0.25) is 0 Å². The lowest BCUT2D eigenvalue weighted by Crippen LogP contribution is -2.03. The summed E-state index contributed by atoms with van der Waals surface area (Å²) < 4.78 is 4.96. The second kappa shape index (κ2) is 5.97. The first-order valence-electron chi connectivity index (χ1n) is 6.34. The van der Waals surface area contributed by atoms with Gasteiger partial charge in [0, 0.05) is 16.9 Å². The van der Waals surface area contributed by atoms with E-state index >= 15 is 0 Å². The van der Waals surface area contributed by atoms with Crippen LogP contribution in [0.25, 0.3) is 11.3 Å². The molecule has 0 unspecified atom stereocenters. The van der Waals surface area contributed by atoms with Crippen molar-refractivity contribution in [1.29, 1.82) is 0 Å². The lowest BCUT2D eigenvalue weighted by atomic mass is 10.1. The fourth-order valence-electron chi connectivity index (χ4n) is 1.68. The van der Waals surface area contributed by atoms with Gasteiger partial charge in [-0.25, -0.2) is 9.78 Å². The number of nitrogens with zero attached hydrogens (tertiary/aromatic N) is 1. The summed E-state index contributed by atoms with van der Waals surface area (Å²) in [5.41, 5.74) is 2.56. The summed E-state index contributed by atoms with van der Waals surface area (Å²) in [5, 5.41) is 3.18. The molecule has 1 heterocycles. The van der Waals surface area contributed by atoms with E-state index in [4.69, 9.17) is 4.74 Å². The molecule has 100 valence electrons. The molecule has 0 aliphatic heterocycles. The van der Waals surface area contributed by atoms with E-state index in [2.05, 4.69) is 24.2 Å². The van der Waals surface area contributed by atoms with Gasteiger partial charge < -0.3 is 4.74 Å². The molecule has 1 aromatic heterocycles. The minimum Gasteiger partial charge on any atom is -0.462 e. The number of carbonyl (C=O) groups excluding carboxylic acids is 1. The molecule has 4 heteroatoms. The molecule has 2 aromatic rings. The van der Waals surface area contributed by atoms with Crippen LogP contribution < -0.4 is 0 Å². The van der Waals surface area contributed by atoms with Gasteiger partial charge in [0.15, 0.2) is 0 Å². The van der Waals surface area contributed by atoms with E-state index in [1.807, 2.05) is 12.1 Å². The van der Waals surface area contributed by atoms with E-state index in [9.17, 15) is 4.79 Å². The summed E-state index contributed by atoms with van der Waals surface area (Å²) in [6, 6.07) is 7.38. The van der Waals surface area contributed by atoms with Crippen molar-refractivity contribution in [1.82, 2.24) is 4.98 Å². The number of carbonyl (C=O) groups is 1. The van der Waals surface area contributed by atoms with Gasteiger partial charge in [0.05, 0.1) is 22.9 Å². The fourth-order valence-corrected chi connectivity index (χ4v) is 2.52. The quantitative estimate of drug-likeness (QED) is 0.788. The van der Waals surface area contributed by atoms with E-state index in [0.717, 1.165) is 16.3 Å². The van der Waals surface area contributed by atoms with E-state index in [1.165, 1.54) is 0 Å². The molecular weight excluding hydrogens is 258 g/mol. The van der Waals surface area contributed by atoms with Gasteiger partial charge in [0.1, 0.15) is 0 Å². The van der Waals surface area contributed by atoms with Crippen molar-refractivity contribution >= 4 is 17.3 Å². The summed E-state index contributed by atoms with van der Waals surface area (Å²) in [7, 11) is 0. The fraction of sp³-hybridized carbons (Fsp3) is 0.333. The van der Waals surface area contributed by atoms with Crippen molar-refractivity contribution in [2.75, 3.05) is 6.61 Å². The van der Waals surface area contributed by atoms with Gasteiger partial charge in [0.25, 0.3) is 0 Å². The number of aromatic nitrogens is 1. The second-order valence-electron chi connectivity index (χ2n) is 4.52. The Hall–Kier alpha value is -1.68. The minimum atomic E-state index is -0.282. The maximum atomic E-state index is 11.6. The molecule has 19 heavy (non-hydrogen) atoms. The summed E-state index contributed by atoms with van der Waals surface area (Å²) in [6.07, 6.45) is 0. The Bertz CT molecular complexity index is 558. The standard InChI is InChI=1S/C15H17NO2S/c1-4-18-15(17)12-7-5-11(6-8-12)13-9-19-14(16-13)10(2)3/h5-10H,4H2,1-3H3. The predicted octanol–water partition coefficient (Wildman–Crippen LogP) is 4.11. The van der Waals surface area contributed by atoms with Crippen LogP contribution in [0.2, 0.25) is 0 Å². The molecule has 2 rings (SSSR count). The third-order valence-corrected chi connectivity index (χ3v) is 3.85. The predicted molar refractivity (Wildman–Crippen MR) is 77.6 cm³/mol. The molecule has 0 amide bonds. The molecule has 0 N–H and O–H groups in total. The Labute approximate surface area is 117 Å². The number of rotatable bonds is 4. The molecule has 0 saturated heterocycles. The minimum absolute atomic E-state index is 0.282. The highest BCUT2D eigenvalue weighted by Gasteiger charge is 2.09. The Morgan fingerprint density at radius 2 is 2.00 bits per heavy atom. The lowest BCUT2D eigenvalue weighted by molar-refractivity contribution is 0.0526. The molecule has 3 nitrogen and oxygen atoms in total. The van der Waals surface area contributed by atoms with Gasteiger partial charge in [-0.05, 0) is 19.1 Å². The van der Waals surface area contributed by atoms with Crippen LogP contribution in [-0.2, 0) is 4.74 Å². The average Bonchev–Trinajstić information content (AvgIpc) is 2.89. The summed E-state index contributed by atoms with van der Waals surface area (Å²) in [4.78, 5) is 16.1. The highest BCUT2D eigenvalue weighted by atomic mass is 32.1. The smallest absolute Gasteiger partial charge is 0.338 e. The molecule has 0 spiro atoms. The Morgan fingerprint density at radius 1 is 1.32 bits per heavy atom. The molecule has 0 radical (unpaired) electrons. The molecule has 0 saturated carbocycles. The number of benzene rings is 1. The third kappa shape index (κ3) is 3.20. The third-order valence-electron chi connectivity index (χ3n) is 2.71. The van der Waals surface area contributed by atoms with Crippen LogP contribution in [0.3, 0.4) is 0 Å². The Kier molecular flexibility index (Phi) is 4.32. The lowest BCUT2D eigenvalue weighted by Gasteiger charge is -2.02. The first-order chi connectivity index (χ1) is 9.11. The molecule has 0 aliphatic rings. The largest absolute Gasteiger partial charge is 0.462 e. The van der Waals surface area contributed by atoms with Crippen molar-refractivity contribution in [3.63, 3.8) is 0 Å². The van der Waals surface area contributed by atoms with Crippen LogP contribution in [0.15, 0.2) is 29.6 Å². The first-order valence-corrected chi connectivity index (χ1v) is 7.22. The number of hydrogen-bond acceptors (Lipinski definition) is 4. The SMILES string of the molecule is CCOC(=O)c1ccc(-c2csc(C(C)C)n2)cc1. The van der Waals surface area contributed by atoms with Gasteiger partial charge in [-0.2, -0.15) is 0 Å². The van der Waals surface area contributed by atoms with E-state index < -0.39 is 0 Å². The molecular formula is C15H17NO2S. The van der Waals surface area contributed by atoms with Crippen LogP contribution in [-0.4, -0.2) is 17.6 Å². The molecule has 0 fully saturated rings. The summed E-state index contributed by atoms with van der Waals surface area (Å²) in [6.45, 7) is 6.46. The Morgan fingerprint density at radius 3 is 2.53 bits per heavy atom. The maximum absolute atomic E-state index is 11.6. The number of thiazole rings is 1. The van der Waals surface area contributed by atoms with Crippen molar-refractivity contribution in [3.05, 3.63) is 40.2 Å². The Balaban J connectivity index is 2.19. The number of esters is 1. The van der Waals surface area contributed by atoms with Crippen LogP contribution in [0.5, 0.6) is 0 Å². The second-order valence-corrected chi connectivity index (χ2v) is 5.41. The van der Waals surface area contributed by atoms with Gasteiger partial charge in [-0.1, -0.05) is 26.0 Å². The van der Waals surface area contributed by atoms with Crippen LogP contribution in [0, 0.1) is 0 Å². The zero-order valence-electron chi connectivity index (χ0n) is 11.3. The van der Waals surface area contributed by atoms with E-state index in [-0.39, 0.29) is 5.97 Å². The van der Waals surface area contributed by atoms with Crippen molar-refractivity contribution in [2.24, 2.45) is 0 Å². The highest BCUT2D eigenvalue weighted by Crippen LogP contribution is 2.26. The maximum Gasteiger partial charge on any atom is 0.338 e. The van der Waals surface area contributed by atoms with Crippen molar-refractivity contribution < 1.29 is 9.53 Å². The van der Waals surface area contributed by atoms with E-state index in [0.29, 0.717) is 18.1 Å². The topological polar surface area (TPSA) is 39.2 Å². The zero-order valence-corrected chi connectivity index (χ0v) is 12.2. The molecule has 0 atom stereocenters. The first kappa shape index (κ1) is 13.7. The molecule has 0 aliphatic carbocycles. The van der Waals surface area contributed by atoms with Crippen LogP contribution in [0.1, 0.15) is 42.1 Å². The van der Waals surface area contributed by atoms with Crippen molar-refractivity contribution in [2.45, 2.75) is 26.7 Å². The summed E-state index contributed by atoms with van der Waals surface area (Å²) in [5.74, 6) is 0.160. The number of ether oxygens (including phenoxy) is 1. The zero-order chi connectivity index (χ0) is 13.8. The molecule has 1 aromatic carbocycles. The monoisotopic (exact) mass is 275 g/mol. The van der Waals surface area contributed by atoms with E-state index in [1.54, 1.807) is 30.4 Å². The molecule has 0 bridgehead atoms. The van der Waals surface area contributed by atoms with Crippen LogP contribution in [0.4, 0.5) is 0 Å². The van der Waals surface area contributed by atoms with Gasteiger partial charge >= 0.3 is 5.97 Å². The van der Waals surface area contributed by atoms with Crippen LogP contribution >= 0.6 is 11.3 Å². The number of hydrogen-bond donors (Lipinski definition) is 0. The summed E-state index contributed by atoms with van der Waals surface area (Å²) >= 11 is 1.67. The van der Waals surface area contributed by atoms with Gasteiger partial charge in [-0.3, -0.25) is 0 Å². The average molecular weight is 275 g/mol.